The van der Waals surface area contributed by atoms with Crippen molar-refractivity contribution in [3.63, 3.8) is 0 Å². The highest BCUT2D eigenvalue weighted by Crippen LogP contribution is 2.37. The van der Waals surface area contributed by atoms with Gasteiger partial charge in [-0.05, 0) is 126 Å². The molecule has 0 unspecified atom stereocenters. The first-order valence-corrected chi connectivity index (χ1v) is 18.3. The summed E-state index contributed by atoms with van der Waals surface area (Å²) in [6, 6.07) is 15.3. The molecule has 3 aromatic carbocycles. The van der Waals surface area contributed by atoms with Crippen molar-refractivity contribution >= 4 is 61.2 Å². The van der Waals surface area contributed by atoms with E-state index in [-0.39, 0.29) is 36.4 Å². The van der Waals surface area contributed by atoms with Crippen molar-refractivity contribution in [1.29, 1.82) is 0 Å². The molecule has 0 amide bonds. The van der Waals surface area contributed by atoms with E-state index in [2.05, 4.69) is 36.9 Å². The van der Waals surface area contributed by atoms with E-state index in [1.807, 2.05) is 44.2 Å². The molecule has 262 valence electrons. The summed E-state index contributed by atoms with van der Waals surface area (Å²) in [7, 11) is 1.54. The minimum absolute atomic E-state index is 0.0816. The summed E-state index contributed by atoms with van der Waals surface area (Å²) in [5.41, 5.74) is 3.14. The smallest absolute Gasteiger partial charge is 0.338 e. The lowest BCUT2D eigenvalue weighted by atomic mass is 9.95. The zero-order chi connectivity index (χ0) is 36.1. The molecule has 2 heterocycles. The maximum Gasteiger partial charge on any atom is 0.338 e. The number of hydrogen-bond donors (Lipinski definition) is 0. The van der Waals surface area contributed by atoms with Crippen LogP contribution in [0.5, 0.6) is 17.2 Å². The predicted molar refractivity (Wildman–Crippen MR) is 198 cm³/mol. The van der Waals surface area contributed by atoms with Crippen molar-refractivity contribution in [2.75, 3.05) is 20.3 Å². The number of hydrogen-bond acceptors (Lipinski definition) is 10. The SMILES string of the molecule is CCOC(=O)C1=C(C)N=c2s/c(=C/c3cc(Br)c(OCc4ccc(C(=O)OCC)cc4)c(Br)c3)c(=O)n2[C@H]1c1ccc(OC(C)C)c(OC)c1. The zero-order valence-corrected chi connectivity index (χ0v) is 32.4. The molecule has 5 rings (SSSR count). The second-order valence-corrected chi connectivity index (χ2v) is 14.1. The van der Waals surface area contributed by atoms with Gasteiger partial charge in [-0.3, -0.25) is 9.36 Å². The summed E-state index contributed by atoms with van der Waals surface area (Å²) in [6.07, 6.45) is 1.69. The van der Waals surface area contributed by atoms with E-state index >= 15 is 0 Å². The molecule has 0 saturated carbocycles. The molecule has 10 nitrogen and oxygen atoms in total. The Morgan fingerprint density at radius 2 is 1.62 bits per heavy atom. The zero-order valence-electron chi connectivity index (χ0n) is 28.4. The van der Waals surface area contributed by atoms with Gasteiger partial charge in [-0.2, -0.15) is 0 Å². The second kappa shape index (κ2) is 16.2. The van der Waals surface area contributed by atoms with Gasteiger partial charge in [0.2, 0.25) is 0 Å². The van der Waals surface area contributed by atoms with Crippen molar-refractivity contribution in [2.45, 2.75) is 53.4 Å². The normalized spacial score (nSPS) is 14.3. The van der Waals surface area contributed by atoms with Crippen LogP contribution in [0.1, 0.15) is 67.7 Å². The number of carbonyl (C=O) groups excluding carboxylic acids is 2. The first-order chi connectivity index (χ1) is 23.9. The lowest BCUT2D eigenvalue weighted by Crippen LogP contribution is -2.40. The van der Waals surface area contributed by atoms with Crippen LogP contribution in [0, 0.1) is 0 Å². The van der Waals surface area contributed by atoms with Crippen molar-refractivity contribution < 1.29 is 33.3 Å². The van der Waals surface area contributed by atoms with Gasteiger partial charge < -0.3 is 23.7 Å². The first-order valence-electron chi connectivity index (χ1n) is 15.9. The summed E-state index contributed by atoms with van der Waals surface area (Å²) in [5, 5.41) is 0. The lowest BCUT2D eigenvalue weighted by molar-refractivity contribution is -0.139. The van der Waals surface area contributed by atoms with Gasteiger partial charge in [0.15, 0.2) is 16.3 Å². The molecule has 0 fully saturated rings. The van der Waals surface area contributed by atoms with E-state index < -0.39 is 12.0 Å². The van der Waals surface area contributed by atoms with Crippen LogP contribution in [0.25, 0.3) is 6.08 Å². The molecule has 0 bridgehead atoms. The highest BCUT2D eigenvalue weighted by Gasteiger charge is 2.34. The van der Waals surface area contributed by atoms with Crippen LogP contribution >= 0.6 is 43.2 Å². The fourth-order valence-corrected chi connectivity index (χ4v) is 7.87. The van der Waals surface area contributed by atoms with Gasteiger partial charge in [0, 0.05) is 0 Å². The molecule has 4 aromatic rings. The third-order valence-electron chi connectivity index (χ3n) is 7.55. The Hall–Kier alpha value is -4.20. The van der Waals surface area contributed by atoms with E-state index in [0.717, 1.165) is 11.1 Å². The molecule has 0 aliphatic carbocycles. The highest BCUT2D eigenvalue weighted by atomic mass is 79.9. The molecule has 1 aliphatic heterocycles. The number of thiazole rings is 1. The quantitative estimate of drug-likeness (QED) is 0.142. The minimum atomic E-state index is -0.810. The molecule has 13 heteroatoms. The van der Waals surface area contributed by atoms with E-state index in [4.69, 9.17) is 23.7 Å². The first kappa shape index (κ1) is 37.1. The fraction of sp³-hybridized carbons (Fsp3) is 0.297. The van der Waals surface area contributed by atoms with E-state index in [9.17, 15) is 14.4 Å². The summed E-state index contributed by atoms with van der Waals surface area (Å²) in [4.78, 5) is 44.6. The number of esters is 2. The standard InChI is InChI=1S/C37H36Br2N2O8S/c1-7-46-35(43)24-11-9-22(10-12-24)19-48-33-26(38)15-23(16-27(33)39)17-30-34(42)41-32(25-13-14-28(49-20(3)4)29(18-25)45-6)31(36(44)47-8-2)21(5)40-37(41)50-30/h9-18,20,32H,7-8,19H2,1-6H3/b30-17+/t32-/m0/s1. The van der Waals surface area contributed by atoms with Gasteiger partial charge in [-0.25, -0.2) is 14.6 Å². The topological polar surface area (TPSA) is 115 Å². The van der Waals surface area contributed by atoms with Crippen molar-refractivity contribution in [2.24, 2.45) is 4.99 Å². The monoisotopic (exact) mass is 826 g/mol. The van der Waals surface area contributed by atoms with Gasteiger partial charge in [-0.15, -0.1) is 0 Å². The largest absolute Gasteiger partial charge is 0.493 e. The number of fused-ring (bicyclic) bond motifs is 1. The van der Waals surface area contributed by atoms with Gasteiger partial charge in [0.25, 0.3) is 5.56 Å². The number of methoxy groups -OCH3 is 1. The third kappa shape index (κ3) is 8.06. The van der Waals surface area contributed by atoms with Gasteiger partial charge in [-0.1, -0.05) is 29.5 Å². The number of benzene rings is 3. The Morgan fingerprint density at radius 3 is 2.24 bits per heavy atom. The van der Waals surface area contributed by atoms with E-state index in [1.165, 1.54) is 15.9 Å². The molecule has 50 heavy (non-hydrogen) atoms. The average molecular weight is 829 g/mol. The van der Waals surface area contributed by atoms with Crippen LogP contribution < -0.4 is 29.1 Å². The number of nitrogens with zero attached hydrogens (tertiary/aromatic N) is 2. The Balaban J connectivity index is 1.50. The summed E-state index contributed by atoms with van der Waals surface area (Å²) < 4.78 is 31.4. The lowest BCUT2D eigenvalue weighted by Gasteiger charge is -2.25. The predicted octanol–water partition coefficient (Wildman–Crippen LogP) is 6.87. The Morgan fingerprint density at radius 1 is 0.960 bits per heavy atom. The van der Waals surface area contributed by atoms with Crippen LogP contribution in [-0.2, 0) is 20.9 Å². The Bertz CT molecular complexity index is 2110. The molecule has 1 aromatic heterocycles. The Kier molecular flexibility index (Phi) is 12.0. The number of ether oxygens (including phenoxy) is 5. The van der Waals surface area contributed by atoms with E-state index in [1.54, 1.807) is 58.2 Å². The number of carbonyl (C=O) groups is 2. The van der Waals surface area contributed by atoms with E-state index in [0.29, 0.717) is 59.0 Å². The molecule has 0 spiro atoms. The number of rotatable bonds is 12. The number of halogens is 2. The van der Waals surface area contributed by atoms with Crippen molar-refractivity contribution in [3.05, 3.63) is 117 Å². The van der Waals surface area contributed by atoms with Crippen LogP contribution in [0.3, 0.4) is 0 Å². The second-order valence-electron chi connectivity index (χ2n) is 11.4. The van der Waals surface area contributed by atoms with Crippen molar-refractivity contribution in [1.82, 2.24) is 4.57 Å². The number of allylic oxidation sites excluding steroid dienone is 1. The third-order valence-corrected chi connectivity index (χ3v) is 9.71. The molecular formula is C37H36Br2N2O8S. The average Bonchev–Trinajstić information content (AvgIpc) is 3.37. The summed E-state index contributed by atoms with van der Waals surface area (Å²) in [6.45, 7) is 9.82. The van der Waals surface area contributed by atoms with Crippen LogP contribution in [-0.4, -0.2) is 42.9 Å². The molecule has 1 aliphatic rings. The molecular weight excluding hydrogens is 792 g/mol. The van der Waals surface area contributed by atoms with Crippen LogP contribution in [0.15, 0.2) is 84.6 Å². The van der Waals surface area contributed by atoms with Crippen molar-refractivity contribution in [3.8, 4) is 17.2 Å². The fourth-order valence-electron chi connectivity index (χ4n) is 5.37. The molecule has 1 atom stereocenters. The summed E-state index contributed by atoms with van der Waals surface area (Å²) >= 11 is 8.46. The van der Waals surface area contributed by atoms with Gasteiger partial charge in [0.05, 0.1) is 62.8 Å². The molecule has 0 radical (unpaired) electrons. The maximum atomic E-state index is 14.2. The van der Waals surface area contributed by atoms with Crippen LogP contribution in [0.2, 0.25) is 0 Å². The van der Waals surface area contributed by atoms with Gasteiger partial charge in [0.1, 0.15) is 12.4 Å². The van der Waals surface area contributed by atoms with Crippen LogP contribution in [0.4, 0.5) is 0 Å². The molecule has 0 saturated heterocycles. The highest BCUT2D eigenvalue weighted by molar-refractivity contribution is 9.11. The Labute approximate surface area is 310 Å². The summed E-state index contributed by atoms with van der Waals surface area (Å²) in [5.74, 6) is 0.679. The van der Waals surface area contributed by atoms with Gasteiger partial charge >= 0.3 is 11.9 Å². The maximum absolute atomic E-state index is 14.2. The molecule has 0 N–H and O–H groups in total. The number of aromatic nitrogens is 1. The minimum Gasteiger partial charge on any atom is -0.493 e.